The summed E-state index contributed by atoms with van der Waals surface area (Å²) in [5, 5.41) is 0. The van der Waals surface area contributed by atoms with E-state index in [0.29, 0.717) is 18.9 Å². The molecular formula is C11H13NO. The maximum atomic E-state index is 10.7. The lowest BCUT2D eigenvalue weighted by molar-refractivity contribution is -0.129. The van der Waals surface area contributed by atoms with Gasteiger partial charge in [0, 0.05) is 6.54 Å². The molecule has 1 heterocycles. The van der Waals surface area contributed by atoms with E-state index in [1.54, 1.807) is 0 Å². The molecule has 1 aliphatic rings. The van der Waals surface area contributed by atoms with Crippen molar-refractivity contribution in [1.29, 1.82) is 0 Å². The van der Waals surface area contributed by atoms with Crippen LogP contribution in [0.25, 0.3) is 0 Å². The van der Waals surface area contributed by atoms with E-state index in [9.17, 15) is 4.79 Å². The van der Waals surface area contributed by atoms with Crippen molar-refractivity contribution < 1.29 is 4.79 Å². The number of carbonyl (C=O) groups is 1. The number of hydrogen-bond donors (Lipinski definition) is 0. The van der Waals surface area contributed by atoms with Gasteiger partial charge in [-0.15, -0.1) is 0 Å². The first-order valence-corrected chi connectivity index (χ1v) is 4.53. The second-order valence-electron chi connectivity index (χ2n) is 3.67. The molecule has 1 aliphatic heterocycles. The first kappa shape index (κ1) is 8.45. The third-order valence-corrected chi connectivity index (χ3v) is 2.33. The first-order chi connectivity index (χ1) is 6.24. The van der Waals surface area contributed by atoms with Crippen LogP contribution in [-0.2, 0) is 11.3 Å². The van der Waals surface area contributed by atoms with Crippen molar-refractivity contribution in [3.63, 3.8) is 0 Å². The summed E-state index contributed by atoms with van der Waals surface area (Å²) in [6, 6.07) is 8.46. The fraction of sp³-hybridized carbons (Fsp3) is 0.364. The summed E-state index contributed by atoms with van der Waals surface area (Å²) < 4.78 is 0. The van der Waals surface area contributed by atoms with Crippen LogP contribution in [0.5, 0.6) is 0 Å². The molecule has 2 heteroatoms. The van der Waals surface area contributed by atoms with Crippen molar-refractivity contribution in [2.45, 2.75) is 13.5 Å². The predicted molar refractivity (Wildman–Crippen MR) is 51.5 cm³/mol. The third-order valence-electron chi connectivity index (χ3n) is 2.33. The van der Waals surface area contributed by atoms with Gasteiger partial charge in [0.15, 0.2) is 5.78 Å². The van der Waals surface area contributed by atoms with Gasteiger partial charge in [-0.05, 0) is 12.5 Å². The Kier molecular flexibility index (Phi) is 2.15. The van der Waals surface area contributed by atoms with Crippen LogP contribution in [0.4, 0.5) is 0 Å². The average molecular weight is 175 g/mol. The molecule has 0 bridgehead atoms. The summed E-state index contributed by atoms with van der Waals surface area (Å²) in [6.45, 7) is 4.25. The average Bonchev–Trinajstić information content (AvgIpc) is 2.06. The van der Waals surface area contributed by atoms with Crippen molar-refractivity contribution in [3.05, 3.63) is 35.4 Å². The second-order valence-corrected chi connectivity index (χ2v) is 3.67. The highest BCUT2D eigenvalue weighted by molar-refractivity contribution is 5.87. The molecule has 0 amide bonds. The minimum absolute atomic E-state index is 0.354. The lowest BCUT2D eigenvalue weighted by Gasteiger charge is -2.29. The molecule has 13 heavy (non-hydrogen) atoms. The number of aryl methyl sites for hydroxylation is 1. The molecule has 0 saturated carbocycles. The number of benzene rings is 1. The van der Waals surface area contributed by atoms with E-state index >= 15 is 0 Å². The Morgan fingerprint density at radius 1 is 1.23 bits per heavy atom. The van der Waals surface area contributed by atoms with Crippen LogP contribution in [0.1, 0.15) is 11.1 Å². The summed E-state index contributed by atoms with van der Waals surface area (Å²) in [5.74, 6) is 0.354. The van der Waals surface area contributed by atoms with Gasteiger partial charge in [0.05, 0.1) is 13.1 Å². The fourth-order valence-corrected chi connectivity index (χ4v) is 1.52. The normalized spacial score (nSPS) is 17.2. The molecule has 1 aromatic carbocycles. The Balaban J connectivity index is 1.95. The minimum Gasteiger partial charge on any atom is -0.297 e. The van der Waals surface area contributed by atoms with E-state index in [-0.39, 0.29) is 0 Å². The molecular weight excluding hydrogens is 162 g/mol. The summed E-state index contributed by atoms with van der Waals surface area (Å²) in [6.07, 6.45) is 0. The number of ketones is 1. The highest BCUT2D eigenvalue weighted by Crippen LogP contribution is 2.10. The van der Waals surface area contributed by atoms with Gasteiger partial charge in [-0.2, -0.15) is 0 Å². The highest BCUT2D eigenvalue weighted by Gasteiger charge is 2.22. The number of Topliss-reactive ketones (excluding diaryl/α,β-unsaturated/α-hetero) is 1. The molecule has 0 unspecified atom stereocenters. The van der Waals surface area contributed by atoms with Crippen molar-refractivity contribution in [2.75, 3.05) is 13.1 Å². The SMILES string of the molecule is Cc1ccc(CN2CC(=O)C2)cc1. The summed E-state index contributed by atoms with van der Waals surface area (Å²) in [7, 11) is 0. The lowest BCUT2D eigenvalue weighted by Crippen LogP contribution is -2.46. The molecule has 1 saturated heterocycles. The highest BCUT2D eigenvalue weighted by atomic mass is 16.1. The number of rotatable bonds is 2. The van der Waals surface area contributed by atoms with Gasteiger partial charge in [0.25, 0.3) is 0 Å². The van der Waals surface area contributed by atoms with Crippen LogP contribution in [0, 0.1) is 6.92 Å². The molecule has 0 aromatic heterocycles. The fourth-order valence-electron chi connectivity index (χ4n) is 1.52. The van der Waals surface area contributed by atoms with Crippen molar-refractivity contribution in [3.8, 4) is 0 Å². The molecule has 0 aliphatic carbocycles. The molecule has 1 aromatic rings. The maximum absolute atomic E-state index is 10.7. The Bertz CT molecular complexity index is 307. The van der Waals surface area contributed by atoms with Crippen molar-refractivity contribution in [2.24, 2.45) is 0 Å². The Morgan fingerprint density at radius 3 is 2.38 bits per heavy atom. The zero-order valence-corrected chi connectivity index (χ0v) is 7.79. The van der Waals surface area contributed by atoms with Crippen molar-refractivity contribution >= 4 is 5.78 Å². The quantitative estimate of drug-likeness (QED) is 0.676. The van der Waals surface area contributed by atoms with E-state index in [1.807, 2.05) is 0 Å². The topological polar surface area (TPSA) is 20.3 Å². The van der Waals surface area contributed by atoms with Crippen LogP contribution in [0.15, 0.2) is 24.3 Å². The van der Waals surface area contributed by atoms with Gasteiger partial charge >= 0.3 is 0 Å². The molecule has 2 nitrogen and oxygen atoms in total. The van der Waals surface area contributed by atoms with E-state index in [0.717, 1.165) is 6.54 Å². The largest absolute Gasteiger partial charge is 0.297 e. The molecule has 0 spiro atoms. The molecule has 1 fully saturated rings. The molecule has 0 N–H and O–H groups in total. The molecule has 2 rings (SSSR count). The summed E-state index contributed by atoms with van der Waals surface area (Å²) in [5.41, 5.74) is 2.57. The zero-order chi connectivity index (χ0) is 9.26. The van der Waals surface area contributed by atoms with Gasteiger partial charge in [0.2, 0.25) is 0 Å². The first-order valence-electron chi connectivity index (χ1n) is 4.53. The molecule has 68 valence electrons. The van der Waals surface area contributed by atoms with Gasteiger partial charge < -0.3 is 0 Å². The smallest absolute Gasteiger partial charge is 0.160 e. The summed E-state index contributed by atoms with van der Waals surface area (Å²) in [4.78, 5) is 12.9. The van der Waals surface area contributed by atoms with Crippen LogP contribution in [0.3, 0.4) is 0 Å². The van der Waals surface area contributed by atoms with Crippen LogP contribution in [0.2, 0.25) is 0 Å². The zero-order valence-electron chi connectivity index (χ0n) is 7.79. The summed E-state index contributed by atoms with van der Waals surface area (Å²) >= 11 is 0. The third kappa shape index (κ3) is 1.95. The van der Waals surface area contributed by atoms with Crippen LogP contribution < -0.4 is 0 Å². The van der Waals surface area contributed by atoms with Gasteiger partial charge in [-0.3, -0.25) is 9.69 Å². The van der Waals surface area contributed by atoms with E-state index in [2.05, 4.69) is 36.1 Å². The number of carbonyl (C=O) groups excluding carboxylic acids is 1. The standard InChI is InChI=1S/C11H13NO/c1-9-2-4-10(5-3-9)6-12-7-11(13)8-12/h2-5H,6-8H2,1H3. The van der Waals surface area contributed by atoms with E-state index in [1.165, 1.54) is 11.1 Å². The molecule has 0 atom stereocenters. The number of nitrogens with zero attached hydrogens (tertiary/aromatic N) is 1. The van der Waals surface area contributed by atoms with Crippen LogP contribution in [-0.4, -0.2) is 23.8 Å². The second kappa shape index (κ2) is 3.30. The molecule has 0 radical (unpaired) electrons. The minimum atomic E-state index is 0.354. The monoisotopic (exact) mass is 175 g/mol. The van der Waals surface area contributed by atoms with Crippen LogP contribution >= 0.6 is 0 Å². The van der Waals surface area contributed by atoms with Gasteiger partial charge in [0.1, 0.15) is 0 Å². The predicted octanol–water partition coefficient (Wildman–Crippen LogP) is 1.38. The lowest BCUT2D eigenvalue weighted by atomic mass is 10.1. The van der Waals surface area contributed by atoms with E-state index in [4.69, 9.17) is 0 Å². The van der Waals surface area contributed by atoms with Crippen molar-refractivity contribution in [1.82, 2.24) is 4.90 Å². The Hall–Kier alpha value is -1.15. The maximum Gasteiger partial charge on any atom is 0.160 e. The Morgan fingerprint density at radius 2 is 1.85 bits per heavy atom. The van der Waals surface area contributed by atoms with E-state index < -0.39 is 0 Å². The van der Waals surface area contributed by atoms with Gasteiger partial charge in [-0.1, -0.05) is 29.8 Å². The number of hydrogen-bond acceptors (Lipinski definition) is 2. The van der Waals surface area contributed by atoms with Gasteiger partial charge in [-0.25, -0.2) is 0 Å². The Labute approximate surface area is 78.2 Å². The number of likely N-dealkylation sites (tertiary alicyclic amines) is 1.